The number of hydrogen-bond donors (Lipinski definition) is 1. The van der Waals surface area contributed by atoms with Crippen LogP contribution in [-0.2, 0) is 11.3 Å². The molecular weight excluding hydrogens is 452 g/mol. The predicted molar refractivity (Wildman–Crippen MR) is 137 cm³/mol. The van der Waals surface area contributed by atoms with Crippen LogP contribution >= 0.6 is 23.1 Å². The van der Waals surface area contributed by atoms with Crippen LogP contribution in [0.1, 0.15) is 0 Å². The van der Waals surface area contributed by atoms with Gasteiger partial charge in [-0.1, -0.05) is 60.3 Å². The van der Waals surface area contributed by atoms with Gasteiger partial charge in [-0.3, -0.25) is 9.36 Å². The van der Waals surface area contributed by atoms with Crippen molar-refractivity contribution in [1.82, 2.24) is 19.7 Å². The van der Waals surface area contributed by atoms with Crippen LogP contribution in [0.4, 0.5) is 10.8 Å². The Balaban J connectivity index is 1.44. The van der Waals surface area contributed by atoms with Crippen LogP contribution in [0.15, 0.2) is 77.8 Å². The normalized spacial score (nSPS) is 10.7. The minimum absolute atomic E-state index is 0.140. The molecule has 4 rings (SSSR count). The first-order chi connectivity index (χ1) is 16.0. The number of rotatable bonds is 9. The van der Waals surface area contributed by atoms with Crippen LogP contribution < -0.4 is 10.2 Å². The molecule has 0 aliphatic heterocycles. The third-order valence-electron chi connectivity index (χ3n) is 4.80. The van der Waals surface area contributed by atoms with E-state index in [1.807, 2.05) is 77.5 Å². The molecule has 0 spiro atoms. The molecule has 1 amide bonds. The molecule has 0 bridgehead atoms. The number of hydrogen-bond acceptors (Lipinski definition) is 7. The number of benzene rings is 2. The fourth-order valence-corrected chi connectivity index (χ4v) is 4.67. The number of nitrogens with one attached hydrogen (secondary N) is 1. The van der Waals surface area contributed by atoms with E-state index >= 15 is 0 Å². The standard InChI is InChI=1S/C24H24N6OS2/c1-4-13-30-22(18-11-8-12-19(14-18)29(2)3)27-28-24(30)33-16-21(31)26-23-25-20(15-32-23)17-9-6-5-7-10-17/h4-12,14-15H,1,13,16H2,2-3H3,(H,25,26,31). The minimum Gasteiger partial charge on any atom is -0.378 e. The Morgan fingerprint density at radius 2 is 1.94 bits per heavy atom. The summed E-state index contributed by atoms with van der Waals surface area (Å²) in [5.74, 6) is 0.806. The number of allylic oxidation sites excluding steroid dienone is 1. The van der Waals surface area contributed by atoms with Crippen LogP contribution in [0.2, 0.25) is 0 Å². The maximum atomic E-state index is 12.5. The van der Waals surface area contributed by atoms with Crippen LogP contribution in [0.3, 0.4) is 0 Å². The third-order valence-corrected chi connectivity index (χ3v) is 6.53. The van der Waals surface area contributed by atoms with Gasteiger partial charge >= 0.3 is 0 Å². The molecule has 7 nitrogen and oxygen atoms in total. The summed E-state index contributed by atoms with van der Waals surface area (Å²) < 4.78 is 1.97. The van der Waals surface area contributed by atoms with Crippen molar-refractivity contribution >= 4 is 39.8 Å². The van der Waals surface area contributed by atoms with Gasteiger partial charge in [-0.2, -0.15) is 0 Å². The second-order valence-corrected chi connectivity index (χ2v) is 9.19. The molecule has 168 valence electrons. The van der Waals surface area contributed by atoms with Crippen LogP contribution in [0, 0.1) is 0 Å². The zero-order valence-corrected chi connectivity index (χ0v) is 20.1. The zero-order chi connectivity index (χ0) is 23.2. The largest absolute Gasteiger partial charge is 0.378 e. The lowest BCUT2D eigenvalue weighted by atomic mass is 10.2. The van der Waals surface area contributed by atoms with Gasteiger partial charge in [-0.15, -0.1) is 28.1 Å². The molecule has 2 aromatic heterocycles. The molecule has 0 saturated carbocycles. The van der Waals surface area contributed by atoms with Gasteiger partial charge in [-0.05, 0) is 12.1 Å². The Bertz CT molecular complexity index is 1250. The Labute approximate surface area is 201 Å². The fraction of sp³-hybridized carbons (Fsp3) is 0.167. The molecule has 9 heteroatoms. The monoisotopic (exact) mass is 476 g/mol. The second kappa shape index (κ2) is 10.5. The van der Waals surface area contributed by atoms with E-state index in [2.05, 4.69) is 33.1 Å². The number of thiazole rings is 1. The second-order valence-electron chi connectivity index (χ2n) is 7.39. The average Bonchev–Trinajstić information content (AvgIpc) is 3.46. The minimum atomic E-state index is -0.140. The Hall–Kier alpha value is -3.43. The van der Waals surface area contributed by atoms with Crippen molar-refractivity contribution in [3.63, 3.8) is 0 Å². The predicted octanol–water partition coefficient (Wildman–Crippen LogP) is 5.05. The Kier molecular flexibility index (Phi) is 7.21. The molecule has 0 saturated heterocycles. The van der Waals surface area contributed by atoms with Gasteiger partial charge in [0.2, 0.25) is 5.91 Å². The SMILES string of the molecule is C=CCn1c(SCC(=O)Nc2nc(-c3ccccc3)cs2)nnc1-c1cccc(N(C)C)c1. The maximum absolute atomic E-state index is 12.5. The van der Waals surface area contributed by atoms with Crippen molar-refractivity contribution in [2.75, 3.05) is 30.1 Å². The highest BCUT2D eigenvalue weighted by Crippen LogP contribution is 2.28. The molecule has 2 heterocycles. The number of nitrogens with zero attached hydrogens (tertiary/aromatic N) is 5. The van der Waals surface area contributed by atoms with Gasteiger partial charge in [0.15, 0.2) is 16.1 Å². The first-order valence-corrected chi connectivity index (χ1v) is 12.2. The van der Waals surface area contributed by atoms with Gasteiger partial charge in [0.1, 0.15) is 0 Å². The lowest BCUT2D eigenvalue weighted by Crippen LogP contribution is -2.14. The number of aromatic nitrogens is 4. The molecule has 0 radical (unpaired) electrons. The van der Waals surface area contributed by atoms with E-state index in [-0.39, 0.29) is 11.7 Å². The summed E-state index contributed by atoms with van der Waals surface area (Å²) in [6.07, 6.45) is 1.80. The third kappa shape index (κ3) is 5.50. The molecule has 0 unspecified atom stereocenters. The number of carbonyl (C=O) groups is 1. The Morgan fingerprint density at radius 1 is 1.15 bits per heavy atom. The van der Waals surface area contributed by atoms with Crippen LogP contribution in [0.5, 0.6) is 0 Å². The summed E-state index contributed by atoms with van der Waals surface area (Å²) >= 11 is 2.75. The average molecular weight is 477 g/mol. The number of carbonyl (C=O) groups excluding carboxylic acids is 1. The summed E-state index contributed by atoms with van der Waals surface area (Å²) in [4.78, 5) is 19.1. The smallest absolute Gasteiger partial charge is 0.236 e. The number of thioether (sulfide) groups is 1. The van der Waals surface area contributed by atoms with Gasteiger partial charge < -0.3 is 10.2 Å². The molecule has 33 heavy (non-hydrogen) atoms. The van der Waals surface area contributed by atoms with E-state index in [1.54, 1.807) is 6.08 Å². The lowest BCUT2D eigenvalue weighted by molar-refractivity contribution is -0.113. The number of anilines is 2. The molecule has 0 aliphatic carbocycles. The van der Waals surface area contributed by atoms with Crippen molar-refractivity contribution in [1.29, 1.82) is 0 Å². The van der Waals surface area contributed by atoms with Crippen LogP contribution in [-0.4, -0.2) is 45.5 Å². The fourth-order valence-electron chi connectivity index (χ4n) is 3.18. The number of amides is 1. The maximum Gasteiger partial charge on any atom is 0.236 e. The highest BCUT2D eigenvalue weighted by molar-refractivity contribution is 7.99. The van der Waals surface area contributed by atoms with Crippen molar-refractivity contribution in [3.05, 3.63) is 72.6 Å². The Morgan fingerprint density at radius 3 is 2.70 bits per heavy atom. The molecular formula is C24H24N6OS2. The van der Waals surface area contributed by atoms with Gasteiger partial charge in [0.05, 0.1) is 11.4 Å². The van der Waals surface area contributed by atoms with Crippen LogP contribution in [0.25, 0.3) is 22.6 Å². The molecule has 4 aromatic rings. The first-order valence-electron chi connectivity index (χ1n) is 10.3. The van der Waals surface area contributed by atoms with E-state index in [1.165, 1.54) is 23.1 Å². The van der Waals surface area contributed by atoms with Crippen molar-refractivity contribution < 1.29 is 4.79 Å². The molecule has 2 aromatic carbocycles. The van der Waals surface area contributed by atoms with Crippen molar-refractivity contribution in [2.24, 2.45) is 0 Å². The highest BCUT2D eigenvalue weighted by Gasteiger charge is 2.16. The van der Waals surface area contributed by atoms with Gasteiger partial charge in [-0.25, -0.2) is 4.98 Å². The molecule has 0 aliphatic rings. The highest BCUT2D eigenvalue weighted by atomic mass is 32.2. The summed E-state index contributed by atoms with van der Waals surface area (Å²) in [5, 5.41) is 14.8. The summed E-state index contributed by atoms with van der Waals surface area (Å²) in [6.45, 7) is 4.40. The first kappa shape index (κ1) is 22.8. The molecule has 1 N–H and O–H groups in total. The van der Waals surface area contributed by atoms with Crippen molar-refractivity contribution in [3.8, 4) is 22.6 Å². The zero-order valence-electron chi connectivity index (χ0n) is 18.4. The van der Waals surface area contributed by atoms with E-state index in [0.29, 0.717) is 16.8 Å². The summed E-state index contributed by atoms with van der Waals surface area (Å²) in [5.41, 5.74) is 3.90. The topological polar surface area (TPSA) is 75.9 Å². The lowest BCUT2D eigenvalue weighted by Gasteiger charge is -2.14. The van der Waals surface area contributed by atoms with E-state index < -0.39 is 0 Å². The molecule has 0 fully saturated rings. The summed E-state index contributed by atoms with van der Waals surface area (Å²) in [6, 6.07) is 18.0. The van der Waals surface area contributed by atoms with E-state index in [9.17, 15) is 4.79 Å². The van der Waals surface area contributed by atoms with Gasteiger partial charge in [0.25, 0.3) is 0 Å². The van der Waals surface area contributed by atoms with E-state index in [0.717, 1.165) is 28.3 Å². The van der Waals surface area contributed by atoms with Crippen molar-refractivity contribution in [2.45, 2.75) is 11.7 Å². The van der Waals surface area contributed by atoms with Gasteiger partial charge in [0, 0.05) is 42.8 Å². The summed E-state index contributed by atoms with van der Waals surface area (Å²) in [7, 11) is 4.00. The molecule has 0 atom stereocenters. The van der Waals surface area contributed by atoms with E-state index in [4.69, 9.17) is 0 Å². The quantitative estimate of drug-likeness (QED) is 0.269.